The van der Waals surface area contributed by atoms with Crippen LogP contribution >= 0.6 is 0 Å². The van der Waals surface area contributed by atoms with Crippen LogP contribution in [0.25, 0.3) is 0 Å². The zero-order valence-electron chi connectivity index (χ0n) is 12.1. The smallest absolute Gasteiger partial charge is 0.238 e. The van der Waals surface area contributed by atoms with Crippen LogP contribution in [0.3, 0.4) is 0 Å². The lowest BCUT2D eigenvalue weighted by Crippen LogP contribution is -2.42. The van der Waals surface area contributed by atoms with Crippen LogP contribution < -0.4 is 10.1 Å². The lowest BCUT2D eigenvalue weighted by molar-refractivity contribution is -0.135. The Labute approximate surface area is 124 Å². The standard InChI is InChI=1S/C15H20N2O4/c1-19-12-4-2-11(3-5-12)15-16-8-14(18)17(15)9-13-10-20-6-7-21-13/h2-5,13,15-16H,6-10H2,1H3. The van der Waals surface area contributed by atoms with Gasteiger partial charge in [0.25, 0.3) is 0 Å². The van der Waals surface area contributed by atoms with E-state index < -0.39 is 0 Å². The van der Waals surface area contributed by atoms with Crippen molar-refractivity contribution in [2.24, 2.45) is 0 Å². The first kappa shape index (κ1) is 14.3. The van der Waals surface area contributed by atoms with Gasteiger partial charge in [0.05, 0.1) is 46.1 Å². The predicted octanol–water partition coefficient (Wildman–Crippen LogP) is 0.541. The van der Waals surface area contributed by atoms with Gasteiger partial charge in [-0.1, -0.05) is 12.1 Å². The van der Waals surface area contributed by atoms with Crippen molar-refractivity contribution in [2.75, 3.05) is 40.0 Å². The molecule has 0 saturated carbocycles. The monoisotopic (exact) mass is 292 g/mol. The van der Waals surface area contributed by atoms with E-state index in [1.807, 2.05) is 29.2 Å². The summed E-state index contributed by atoms with van der Waals surface area (Å²) in [4.78, 5) is 13.9. The molecule has 3 rings (SSSR count). The molecule has 2 unspecified atom stereocenters. The number of hydrogen-bond acceptors (Lipinski definition) is 5. The lowest BCUT2D eigenvalue weighted by atomic mass is 10.1. The Morgan fingerprint density at radius 1 is 1.33 bits per heavy atom. The molecule has 114 valence electrons. The molecule has 2 aliphatic rings. The molecule has 2 atom stereocenters. The summed E-state index contributed by atoms with van der Waals surface area (Å²) in [6.07, 6.45) is -0.169. The van der Waals surface area contributed by atoms with Gasteiger partial charge < -0.3 is 19.1 Å². The first-order valence-corrected chi connectivity index (χ1v) is 7.14. The second-order valence-electron chi connectivity index (χ2n) is 5.17. The van der Waals surface area contributed by atoms with Gasteiger partial charge in [-0.05, 0) is 17.7 Å². The SMILES string of the molecule is COc1ccc(C2NCC(=O)N2CC2COCCO2)cc1. The Hall–Kier alpha value is -1.63. The summed E-state index contributed by atoms with van der Waals surface area (Å²) >= 11 is 0. The highest BCUT2D eigenvalue weighted by molar-refractivity contribution is 5.81. The van der Waals surface area contributed by atoms with Gasteiger partial charge in [0.1, 0.15) is 11.9 Å². The molecule has 2 saturated heterocycles. The summed E-state index contributed by atoms with van der Waals surface area (Å²) in [7, 11) is 1.64. The third-order valence-electron chi connectivity index (χ3n) is 3.80. The molecule has 1 aromatic carbocycles. The number of carbonyl (C=O) groups is 1. The fourth-order valence-electron chi connectivity index (χ4n) is 2.69. The lowest BCUT2D eigenvalue weighted by Gasteiger charge is -2.31. The van der Waals surface area contributed by atoms with Crippen molar-refractivity contribution in [3.05, 3.63) is 29.8 Å². The molecule has 0 spiro atoms. The molecule has 1 aromatic rings. The summed E-state index contributed by atoms with van der Waals surface area (Å²) in [5.74, 6) is 0.892. The molecular weight excluding hydrogens is 272 g/mol. The Morgan fingerprint density at radius 2 is 2.14 bits per heavy atom. The summed E-state index contributed by atoms with van der Waals surface area (Å²) < 4.78 is 16.2. The summed E-state index contributed by atoms with van der Waals surface area (Å²) in [6.45, 7) is 2.66. The summed E-state index contributed by atoms with van der Waals surface area (Å²) in [5, 5.41) is 3.24. The second kappa shape index (κ2) is 6.43. The number of methoxy groups -OCH3 is 1. The van der Waals surface area contributed by atoms with Gasteiger partial charge in [-0.25, -0.2) is 0 Å². The van der Waals surface area contributed by atoms with Crippen LogP contribution in [0, 0.1) is 0 Å². The van der Waals surface area contributed by atoms with Gasteiger partial charge >= 0.3 is 0 Å². The van der Waals surface area contributed by atoms with Crippen molar-refractivity contribution in [3.63, 3.8) is 0 Å². The molecule has 21 heavy (non-hydrogen) atoms. The van der Waals surface area contributed by atoms with Gasteiger partial charge in [-0.15, -0.1) is 0 Å². The molecule has 2 aliphatic heterocycles. The van der Waals surface area contributed by atoms with Crippen LogP contribution in [-0.4, -0.2) is 56.9 Å². The van der Waals surface area contributed by atoms with E-state index in [4.69, 9.17) is 14.2 Å². The van der Waals surface area contributed by atoms with Gasteiger partial charge in [0.15, 0.2) is 0 Å². The van der Waals surface area contributed by atoms with Gasteiger partial charge in [0.2, 0.25) is 5.91 Å². The third-order valence-corrected chi connectivity index (χ3v) is 3.80. The topological polar surface area (TPSA) is 60.0 Å². The molecule has 2 heterocycles. The number of amides is 1. The molecule has 0 bridgehead atoms. The van der Waals surface area contributed by atoms with Crippen molar-refractivity contribution < 1.29 is 19.0 Å². The molecule has 1 N–H and O–H groups in total. The minimum atomic E-state index is -0.117. The van der Waals surface area contributed by atoms with Crippen LogP contribution in [0.2, 0.25) is 0 Å². The Balaban J connectivity index is 1.71. The van der Waals surface area contributed by atoms with E-state index in [9.17, 15) is 4.79 Å². The van der Waals surface area contributed by atoms with Crippen molar-refractivity contribution in [3.8, 4) is 5.75 Å². The van der Waals surface area contributed by atoms with Crippen LogP contribution in [0.4, 0.5) is 0 Å². The van der Waals surface area contributed by atoms with Gasteiger partial charge in [0, 0.05) is 0 Å². The molecule has 1 amide bonds. The van der Waals surface area contributed by atoms with Gasteiger partial charge in [-0.3, -0.25) is 10.1 Å². The van der Waals surface area contributed by atoms with E-state index in [0.717, 1.165) is 11.3 Å². The molecule has 0 aromatic heterocycles. The number of rotatable bonds is 4. The average Bonchev–Trinajstić information content (AvgIpc) is 2.90. The highest BCUT2D eigenvalue weighted by Crippen LogP contribution is 2.25. The fraction of sp³-hybridized carbons (Fsp3) is 0.533. The molecular formula is C15H20N2O4. The predicted molar refractivity (Wildman–Crippen MR) is 76.0 cm³/mol. The Kier molecular flexibility index (Phi) is 4.38. The van der Waals surface area contributed by atoms with Crippen LogP contribution in [0.15, 0.2) is 24.3 Å². The second-order valence-corrected chi connectivity index (χ2v) is 5.17. The van der Waals surface area contributed by atoms with Crippen molar-refractivity contribution in [1.82, 2.24) is 10.2 Å². The number of nitrogens with zero attached hydrogens (tertiary/aromatic N) is 1. The molecule has 6 heteroatoms. The normalized spacial score (nSPS) is 26.1. The molecule has 2 fully saturated rings. The molecule has 0 aliphatic carbocycles. The largest absolute Gasteiger partial charge is 0.497 e. The summed E-state index contributed by atoms with van der Waals surface area (Å²) in [6, 6.07) is 7.75. The minimum absolute atomic E-state index is 0.0525. The first-order valence-electron chi connectivity index (χ1n) is 7.14. The van der Waals surface area contributed by atoms with E-state index in [0.29, 0.717) is 32.9 Å². The van der Waals surface area contributed by atoms with Crippen LogP contribution in [0.1, 0.15) is 11.7 Å². The van der Waals surface area contributed by atoms with E-state index in [2.05, 4.69) is 5.32 Å². The van der Waals surface area contributed by atoms with E-state index in [1.165, 1.54) is 0 Å². The molecule has 6 nitrogen and oxygen atoms in total. The summed E-state index contributed by atoms with van der Waals surface area (Å²) in [5.41, 5.74) is 1.04. The number of benzene rings is 1. The maximum Gasteiger partial charge on any atom is 0.238 e. The zero-order valence-corrected chi connectivity index (χ0v) is 12.1. The van der Waals surface area contributed by atoms with Gasteiger partial charge in [-0.2, -0.15) is 0 Å². The Morgan fingerprint density at radius 3 is 2.81 bits per heavy atom. The van der Waals surface area contributed by atoms with E-state index in [-0.39, 0.29) is 18.2 Å². The number of carbonyl (C=O) groups excluding carboxylic acids is 1. The van der Waals surface area contributed by atoms with Crippen molar-refractivity contribution >= 4 is 5.91 Å². The van der Waals surface area contributed by atoms with E-state index >= 15 is 0 Å². The van der Waals surface area contributed by atoms with Crippen molar-refractivity contribution in [2.45, 2.75) is 12.3 Å². The average molecular weight is 292 g/mol. The van der Waals surface area contributed by atoms with Crippen molar-refractivity contribution in [1.29, 1.82) is 0 Å². The first-order chi connectivity index (χ1) is 10.3. The quantitative estimate of drug-likeness (QED) is 0.878. The van der Waals surface area contributed by atoms with Crippen LogP contribution in [0.5, 0.6) is 5.75 Å². The maximum atomic E-state index is 12.1. The van der Waals surface area contributed by atoms with E-state index in [1.54, 1.807) is 7.11 Å². The molecule has 0 radical (unpaired) electrons. The highest BCUT2D eigenvalue weighted by Gasteiger charge is 2.33. The fourth-order valence-corrected chi connectivity index (χ4v) is 2.69. The maximum absolute atomic E-state index is 12.1. The number of ether oxygens (including phenoxy) is 3. The Bertz CT molecular complexity index is 485. The number of nitrogens with one attached hydrogen (secondary N) is 1. The minimum Gasteiger partial charge on any atom is -0.497 e. The third kappa shape index (κ3) is 3.18. The number of hydrogen-bond donors (Lipinski definition) is 1. The highest BCUT2D eigenvalue weighted by atomic mass is 16.6. The van der Waals surface area contributed by atoms with Crippen LogP contribution in [-0.2, 0) is 14.3 Å². The zero-order chi connectivity index (χ0) is 14.7.